The van der Waals surface area contributed by atoms with Gasteiger partial charge in [0.05, 0.1) is 18.5 Å². The fourth-order valence-corrected chi connectivity index (χ4v) is 3.27. The van der Waals surface area contributed by atoms with E-state index in [1.54, 1.807) is 4.90 Å². The molecule has 0 aromatic heterocycles. The maximum absolute atomic E-state index is 12.1. The first kappa shape index (κ1) is 22.8. The van der Waals surface area contributed by atoms with Crippen LogP contribution in [0.5, 0.6) is 0 Å². The highest BCUT2D eigenvalue weighted by Crippen LogP contribution is 2.40. The van der Waals surface area contributed by atoms with E-state index in [1.807, 2.05) is 26.8 Å². The molecule has 27 heavy (non-hydrogen) atoms. The quantitative estimate of drug-likeness (QED) is 0.738. The van der Waals surface area contributed by atoms with Gasteiger partial charge in [0.25, 0.3) is 0 Å². The monoisotopic (exact) mass is 376 g/mol. The van der Waals surface area contributed by atoms with Crippen molar-refractivity contribution in [3.05, 3.63) is 24.0 Å². The topological polar surface area (TPSA) is 74.8 Å². The van der Waals surface area contributed by atoms with Crippen LogP contribution in [-0.4, -0.2) is 46.3 Å². The Kier molecular flexibility index (Phi) is 8.13. The number of Topliss-reactive ketones (excluding diaryl/α,β-unsaturated/α-hetero) is 2. The van der Waals surface area contributed by atoms with Crippen LogP contribution in [0.1, 0.15) is 66.7 Å². The van der Waals surface area contributed by atoms with Gasteiger partial charge in [-0.15, -0.1) is 0 Å². The van der Waals surface area contributed by atoms with Crippen molar-refractivity contribution in [2.24, 2.45) is 5.41 Å². The summed E-state index contributed by atoms with van der Waals surface area (Å²) < 4.78 is 0. The van der Waals surface area contributed by atoms with Crippen molar-refractivity contribution < 1.29 is 19.2 Å². The Hall–Kier alpha value is -2.24. The Bertz CT molecular complexity index is 649. The smallest absolute Gasteiger partial charge is 0.233 e. The summed E-state index contributed by atoms with van der Waals surface area (Å²) in [6, 6.07) is 0. The molecule has 0 aromatic rings. The predicted molar refractivity (Wildman–Crippen MR) is 105 cm³/mol. The number of amides is 2. The van der Waals surface area contributed by atoms with Crippen molar-refractivity contribution >= 4 is 23.4 Å². The molecule has 150 valence electrons. The molecule has 6 nitrogen and oxygen atoms in total. The number of nitrogens with zero attached hydrogens (tertiary/aromatic N) is 2. The van der Waals surface area contributed by atoms with Crippen LogP contribution in [-0.2, 0) is 19.2 Å². The number of rotatable bonds is 5. The second-order valence-electron chi connectivity index (χ2n) is 7.57. The molecule has 0 aromatic carbocycles. The minimum absolute atomic E-state index is 0.00593. The Morgan fingerprint density at radius 3 is 2.11 bits per heavy atom. The van der Waals surface area contributed by atoms with Crippen LogP contribution in [0.2, 0.25) is 0 Å². The highest BCUT2D eigenvalue weighted by molar-refractivity contribution is 5.91. The molecule has 2 heterocycles. The van der Waals surface area contributed by atoms with Crippen LogP contribution in [0.25, 0.3) is 0 Å². The van der Waals surface area contributed by atoms with Gasteiger partial charge in [0.2, 0.25) is 11.8 Å². The van der Waals surface area contributed by atoms with Crippen LogP contribution in [0, 0.1) is 5.41 Å². The predicted octanol–water partition coefficient (Wildman–Crippen LogP) is 3.23. The van der Waals surface area contributed by atoms with Gasteiger partial charge in [-0.2, -0.15) is 0 Å². The lowest BCUT2D eigenvalue weighted by Gasteiger charge is -2.27. The molecule has 0 radical (unpaired) electrons. The van der Waals surface area contributed by atoms with Crippen molar-refractivity contribution in [3.63, 3.8) is 0 Å². The zero-order chi connectivity index (χ0) is 20.8. The summed E-state index contributed by atoms with van der Waals surface area (Å²) in [6.07, 6.45) is 5.75. The number of hydrogen-bond donors (Lipinski definition) is 0. The number of carbonyl (C=O) groups excluding carboxylic acids is 4. The van der Waals surface area contributed by atoms with Gasteiger partial charge in [-0.05, 0) is 40.0 Å². The highest BCUT2D eigenvalue weighted by atomic mass is 16.2. The number of carbonyl (C=O) groups is 4. The molecule has 0 spiro atoms. The standard InChI is InChI=1S/C12H19NO2.C9H13NO2/c1-5-10-7-12(4,6-2)11(15)13(10)8-9(3)14;1-7-4-3-5-9(12)10(7)6-8(2)11/h5H,6-8H2,1-4H3;1,3-6H2,2H3/b10-5+;. The fourth-order valence-electron chi connectivity index (χ4n) is 3.27. The maximum Gasteiger partial charge on any atom is 0.233 e. The average Bonchev–Trinajstić information content (AvgIpc) is 2.83. The SMILES string of the molecule is C/C=C1\CC(C)(CC)C(=O)N1CC(C)=O.C=C1CCCC(=O)N1CC(C)=O. The number of ketones is 2. The second kappa shape index (κ2) is 9.62. The molecule has 2 aliphatic rings. The van der Waals surface area contributed by atoms with Crippen molar-refractivity contribution in [3.8, 4) is 0 Å². The molecule has 2 amide bonds. The Morgan fingerprint density at radius 1 is 1.11 bits per heavy atom. The molecule has 1 unspecified atom stereocenters. The molecule has 6 heteroatoms. The molecule has 2 aliphatic heterocycles. The van der Waals surface area contributed by atoms with Gasteiger partial charge in [-0.1, -0.05) is 26.5 Å². The van der Waals surface area contributed by atoms with Crippen LogP contribution in [0.3, 0.4) is 0 Å². The van der Waals surface area contributed by atoms with Gasteiger partial charge < -0.3 is 9.80 Å². The lowest BCUT2D eigenvalue weighted by molar-refractivity contribution is -0.137. The molecule has 2 saturated heterocycles. The molecule has 2 fully saturated rings. The first-order chi connectivity index (χ1) is 12.6. The van der Waals surface area contributed by atoms with E-state index in [4.69, 9.17) is 0 Å². The summed E-state index contributed by atoms with van der Waals surface area (Å²) in [7, 11) is 0. The van der Waals surface area contributed by atoms with Gasteiger partial charge in [-0.3, -0.25) is 19.2 Å². The maximum atomic E-state index is 12.1. The molecular weight excluding hydrogens is 344 g/mol. The van der Waals surface area contributed by atoms with E-state index in [1.165, 1.54) is 18.7 Å². The largest absolute Gasteiger partial charge is 0.309 e. The molecule has 1 atom stereocenters. The highest BCUT2D eigenvalue weighted by Gasteiger charge is 2.44. The molecule has 0 bridgehead atoms. The first-order valence-corrected chi connectivity index (χ1v) is 9.49. The van der Waals surface area contributed by atoms with E-state index in [9.17, 15) is 19.2 Å². The second-order valence-corrected chi connectivity index (χ2v) is 7.57. The van der Waals surface area contributed by atoms with E-state index in [2.05, 4.69) is 6.58 Å². The number of likely N-dealkylation sites (tertiary alicyclic amines) is 2. The van der Waals surface area contributed by atoms with E-state index in [-0.39, 0.29) is 41.9 Å². The third-order valence-corrected chi connectivity index (χ3v) is 5.09. The molecule has 2 rings (SSSR count). The van der Waals surface area contributed by atoms with Gasteiger partial charge in [0.15, 0.2) is 0 Å². The van der Waals surface area contributed by atoms with Crippen molar-refractivity contribution in [1.29, 1.82) is 0 Å². The molecule has 0 N–H and O–H groups in total. The van der Waals surface area contributed by atoms with Crippen molar-refractivity contribution in [2.75, 3.05) is 13.1 Å². The van der Waals surface area contributed by atoms with Crippen molar-refractivity contribution in [1.82, 2.24) is 9.80 Å². The third kappa shape index (κ3) is 5.88. The molecular formula is C21H32N2O4. The minimum atomic E-state index is -0.308. The Morgan fingerprint density at radius 2 is 1.67 bits per heavy atom. The molecule has 0 aliphatic carbocycles. The zero-order valence-corrected chi connectivity index (χ0v) is 17.3. The van der Waals surface area contributed by atoms with Gasteiger partial charge >= 0.3 is 0 Å². The van der Waals surface area contributed by atoms with Crippen LogP contribution >= 0.6 is 0 Å². The van der Waals surface area contributed by atoms with E-state index in [0.29, 0.717) is 6.42 Å². The summed E-state index contributed by atoms with van der Waals surface area (Å²) in [5, 5.41) is 0. The average molecular weight is 376 g/mol. The van der Waals surface area contributed by atoms with Crippen LogP contribution < -0.4 is 0 Å². The Labute approximate surface area is 162 Å². The summed E-state index contributed by atoms with van der Waals surface area (Å²) in [6.45, 7) is 13.1. The van der Waals surface area contributed by atoms with Crippen molar-refractivity contribution in [2.45, 2.75) is 66.7 Å². The first-order valence-electron chi connectivity index (χ1n) is 9.49. The van der Waals surface area contributed by atoms with Gasteiger partial charge in [0, 0.05) is 24.2 Å². The Balaban J connectivity index is 0.000000277. The number of allylic oxidation sites excluding steroid dienone is 3. The minimum Gasteiger partial charge on any atom is -0.309 e. The van der Waals surface area contributed by atoms with Gasteiger partial charge in [0.1, 0.15) is 11.6 Å². The van der Waals surface area contributed by atoms with E-state index >= 15 is 0 Å². The summed E-state index contributed by atoms with van der Waals surface area (Å²) in [5.41, 5.74) is 1.46. The van der Waals surface area contributed by atoms with Crippen LogP contribution in [0.15, 0.2) is 24.0 Å². The zero-order valence-electron chi connectivity index (χ0n) is 17.3. The summed E-state index contributed by atoms with van der Waals surface area (Å²) in [4.78, 5) is 48.3. The van der Waals surface area contributed by atoms with Gasteiger partial charge in [-0.25, -0.2) is 0 Å². The summed E-state index contributed by atoms with van der Waals surface area (Å²) >= 11 is 0. The van der Waals surface area contributed by atoms with E-state index in [0.717, 1.165) is 37.1 Å². The fraction of sp³-hybridized carbons (Fsp3) is 0.619. The lowest BCUT2D eigenvalue weighted by Crippen LogP contribution is -2.36. The normalized spacial score (nSPS) is 24.2. The van der Waals surface area contributed by atoms with Crippen LogP contribution in [0.4, 0.5) is 0 Å². The summed E-state index contributed by atoms with van der Waals surface area (Å²) in [5.74, 6) is 0.157. The number of hydrogen-bond acceptors (Lipinski definition) is 4. The van der Waals surface area contributed by atoms with E-state index < -0.39 is 0 Å². The lowest BCUT2D eigenvalue weighted by atomic mass is 9.85. The molecule has 0 saturated carbocycles. The number of piperidine rings is 1. The third-order valence-electron chi connectivity index (χ3n) is 5.09.